The summed E-state index contributed by atoms with van der Waals surface area (Å²) in [4.78, 5) is 8.10. The van der Waals surface area contributed by atoms with E-state index in [2.05, 4.69) is 22.2 Å². The average Bonchev–Trinajstić information content (AvgIpc) is 2.81. The molecule has 13 heavy (non-hydrogen) atoms. The van der Waals surface area contributed by atoms with Gasteiger partial charge in [0.15, 0.2) is 0 Å². The lowest BCUT2D eigenvalue weighted by Crippen LogP contribution is -2.07. The van der Waals surface area contributed by atoms with Gasteiger partial charge in [-0.15, -0.1) is 0 Å². The van der Waals surface area contributed by atoms with Crippen LogP contribution in [0.4, 0.5) is 5.95 Å². The van der Waals surface area contributed by atoms with E-state index in [1.165, 1.54) is 6.42 Å². The fourth-order valence-corrected chi connectivity index (χ4v) is 1.41. The van der Waals surface area contributed by atoms with Gasteiger partial charge < -0.3 is 5.32 Å². The van der Waals surface area contributed by atoms with Gasteiger partial charge in [-0.05, 0) is 18.3 Å². The molecule has 2 rings (SSSR count). The Balaban J connectivity index is 1.84. The van der Waals surface area contributed by atoms with Gasteiger partial charge in [0, 0.05) is 6.54 Å². The molecular weight excluding hydrogens is 186 g/mol. The van der Waals surface area contributed by atoms with Gasteiger partial charge in [-0.1, -0.05) is 18.5 Å². The Bertz CT molecular complexity index is 285. The molecule has 2 atom stereocenters. The van der Waals surface area contributed by atoms with E-state index in [0.29, 0.717) is 11.0 Å². The van der Waals surface area contributed by atoms with Gasteiger partial charge in [0.1, 0.15) is 0 Å². The highest BCUT2D eigenvalue weighted by Crippen LogP contribution is 2.37. The molecule has 0 radical (unpaired) electrons. The van der Waals surface area contributed by atoms with E-state index in [1.54, 1.807) is 12.4 Å². The van der Waals surface area contributed by atoms with Crippen molar-refractivity contribution in [1.82, 2.24) is 9.97 Å². The molecule has 0 saturated heterocycles. The van der Waals surface area contributed by atoms with Crippen LogP contribution in [0.1, 0.15) is 13.3 Å². The van der Waals surface area contributed by atoms with Crippen LogP contribution in [0, 0.1) is 11.8 Å². The molecule has 1 aliphatic carbocycles. The molecule has 0 amide bonds. The summed E-state index contributed by atoms with van der Waals surface area (Å²) in [6.45, 7) is 3.23. The zero-order valence-electron chi connectivity index (χ0n) is 7.50. The Morgan fingerprint density at radius 2 is 2.15 bits per heavy atom. The summed E-state index contributed by atoms with van der Waals surface area (Å²) in [5.41, 5.74) is 0. The van der Waals surface area contributed by atoms with Crippen molar-refractivity contribution in [2.24, 2.45) is 11.8 Å². The Morgan fingerprint density at radius 1 is 1.54 bits per heavy atom. The van der Waals surface area contributed by atoms with Crippen molar-refractivity contribution in [3.8, 4) is 0 Å². The summed E-state index contributed by atoms with van der Waals surface area (Å²) in [6, 6.07) is 0. The van der Waals surface area contributed by atoms with Gasteiger partial charge in [-0.25, -0.2) is 9.97 Å². The molecule has 3 nitrogen and oxygen atoms in total. The lowest BCUT2D eigenvalue weighted by Gasteiger charge is -2.02. The first-order valence-electron chi connectivity index (χ1n) is 4.47. The van der Waals surface area contributed by atoms with Gasteiger partial charge in [0.2, 0.25) is 5.95 Å². The van der Waals surface area contributed by atoms with Gasteiger partial charge >= 0.3 is 0 Å². The zero-order chi connectivity index (χ0) is 9.26. The first-order chi connectivity index (χ1) is 6.25. The number of nitrogens with zero attached hydrogens (tertiary/aromatic N) is 2. The van der Waals surface area contributed by atoms with E-state index < -0.39 is 0 Å². The summed E-state index contributed by atoms with van der Waals surface area (Å²) < 4.78 is 0. The third-order valence-corrected chi connectivity index (χ3v) is 2.61. The molecule has 1 aromatic rings. The minimum atomic E-state index is 0.574. The molecule has 1 heterocycles. The van der Waals surface area contributed by atoms with Gasteiger partial charge in [-0.3, -0.25) is 0 Å². The zero-order valence-corrected chi connectivity index (χ0v) is 8.25. The van der Waals surface area contributed by atoms with Gasteiger partial charge in [-0.2, -0.15) is 0 Å². The van der Waals surface area contributed by atoms with E-state index in [-0.39, 0.29) is 0 Å². The number of aromatic nitrogens is 2. The fourth-order valence-electron chi connectivity index (χ4n) is 1.31. The molecule has 1 saturated carbocycles. The minimum absolute atomic E-state index is 0.574. The lowest BCUT2D eigenvalue weighted by atomic mass is 10.3. The topological polar surface area (TPSA) is 37.8 Å². The van der Waals surface area contributed by atoms with Crippen LogP contribution >= 0.6 is 11.6 Å². The predicted molar refractivity (Wildman–Crippen MR) is 52.8 cm³/mol. The highest BCUT2D eigenvalue weighted by molar-refractivity contribution is 6.30. The number of halogens is 1. The molecule has 2 unspecified atom stereocenters. The summed E-state index contributed by atoms with van der Waals surface area (Å²) in [6.07, 6.45) is 4.53. The Morgan fingerprint density at radius 3 is 2.69 bits per heavy atom. The molecule has 1 aromatic heterocycles. The number of nitrogens with one attached hydrogen (secondary N) is 1. The third-order valence-electron chi connectivity index (χ3n) is 2.42. The molecule has 1 fully saturated rings. The van der Waals surface area contributed by atoms with Crippen molar-refractivity contribution in [1.29, 1.82) is 0 Å². The van der Waals surface area contributed by atoms with Gasteiger partial charge in [0.05, 0.1) is 17.4 Å². The SMILES string of the molecule is CC1CC1CNc1ncc(Cl)cn1. The van der Waals surface area contributed by atoms with Crippen LogP contribution in [0.2, 0.25) is 5.02 Å². The molecule has 4 heteroatoms. The average molecular weight is 198 g/mol. The largest absolute Gasteiger partial charge is 0.354 e. The third kappa shape index (κ3) is 2.31. The Labute approximate surface area is 82.5 Å². The van der Waals surface area contributed by atoms with Crippen LogP contribution in [0.5, 0.6) is 0 Å². The van der Waals surface area contributed by atoms with Crippen molar-refractivity contribution in [3.63, 3.8) is 0 Å². The molecule has 1 N–H and O–H groups in total. The number of rotatable bonds is 3. The normalized spacial score (nSPS) is 25.7. The Kier molecular flexibility index (Phi) is 2.36. The lowest BCUT2D eigenvalue weighted by molar-refractivity contribution is 0.781. The van der Waals surface area contributed by atoms with Crippen LogP contribution in [0.25, 0.3) is 0 Å². The maximum atomic E-state index is 5.66. The minimum Gasteiger partial charge on any atom is -0.354 e. The highest BCUT2D eigenvalue weighted by atomic mass is 35.5. The second kappa shape index (κ2) is 3.50. The first kappa shape index (κ1) is 8.75. The number of anilines is 1. The smallest absolute Gasteiger partial charge is 0.222 e. The van der Waals surface area contributed by atoms with Crippen LogP contribution in [-0.4, -0.2) is 16.5 Å². The quantitative estimate of drug-likeness (QED) is 0.808. The van der Waals surface area contributed by atoms with Crippen molar-refractivity contribution in [2.75, 3.05) is 11.9 Å². The Hall–Kier alpha value is -0.830. The summed E-state index contributed by atoms with van der Waals surface area (Å²) in [5.74, 6) is 2.34. The molecule has 0 aliphatic heterocycles. The standard InChI is InChI=1S/C9H12ClN3/c1-6-2-7(6)3-11-9-12-4-8(10)5-13-9/h4-7H,2-3H2,1H3,(H,11,12,13). The summed E-state index contributed by atoms with van der Waals surface area (Å²) >= 11 is 5.66. The summed E-state index contributed by atoms with van der Waals surface area (Å²) in [5, 5.41) is 3.76. The second-order valence-electron chi connectivity index (χ2n) is 3.58. The van der Waals surface area contributed by atoms with E-state index >= 15 is 0 Å². The van der Waals surface area contributed by atoms with Crippen LogP contribution < -0.4 is 5.32 Å². The highest BCUT2D eigenvalue weighted by Gasteiger charge is 2.31. The molecule has 1 aliphatic rings. The van der Waals surface area contributed by atoms with Crippen LogP contribution in [0.15, 0.2) is 12.4 Å². The summed E-state index contributed by atoms with van der Waals surface area (Å²) in [7, 11) is 0. The monoisotopic (exact) mass is 197 g/mol. The molecule has 0 spiro atoms. The molecule has 70 valence electrons. The van der Waals surface area contributed by atoms with E-state index in [4.69, 9.17) is 11.6 Å². The number of hydrogen-bond acceptors (Lipinski definition) is 3. The molecule has 0 bridgehead atoms. The van der Waals surface area contributed by atoms with E-state index in [0.717, 1.165) is 18.4 Å². The van der Waals surface area contributed by atoms with Crippen molar-refractivity contribution in [2.45, 2.75) is 13.3 Å². The van der Waals surface area contributed by atoms with Crippen LogP contribution in [-0.2, 0) is 0 Å². The van der Waals surface area contributed by atoms with Crippen molar-refractivity contribution < 1.29 is 0 Å². The molecule has 0 aromatic carbocycles. The second-order valence-corrected chi connectivity index (χ2v) is 4.02. The predicted octanol–water partition coefficient (Wildman–Crippen LogP) is 2.20. The molecular formula is C9H12ClN3. The van der Waals surface area contributed by atoms with E-state index in [1.807, 2.05) is 0 Å². The van der Waals surface area contributed by atoms with Crippen molar-refractivity contribution >= 4 is 17.5 Å². The van der Waals surface area contributed by atoms with Crippen molar-refractivity contribution in [3.05, 3.63) is 17.4 Å². The van der Waals surface area contributed by atoms with Crippen LogP contribution in [0.3, 0.4) is 0 Å². The maximum absolute atomic E-state index is 5.66. The number of hydrogen-bond donors (Lipinski definition) is 1. The van der Waals surface area contributed by atoms with E-state index in [9.17, 15) is 0 Å². The first-order valence-corrected chi connectivity index (χ1v) is 4.85. The maximum Gasteiger partial charge on any atom is 0.222 e. The van der Waals surface area contributed by atoms with Gasteiger partial charge in [0.25, 0.3) is 0 Å². The fraction of sp³-hybridized carbons (Fsp3) is 0.556.